The highest BCUT2D eigenvalue weighted by atomic mass is 35.5. The minimum absolute atomic E-state index is 0.00676. The van der Waals surface area contributed by atoms with Gasteiger partial charge in [-0.05, 0) is 67.1 Å². The van der Waals surface area contributed by atoms with E-state index in [4.69, 9.17) is 28.5 Å². The van der Waals surface area contributed by atoms with Crippen molar-refractivity contribution in [2.24, 2.45) is 0 Å². The van der Waals surface area contributed by atoms with Crippen molar-refractivity contribution in [2.45, 2.75) is 25.1 Å². The molecule has 1 atom stereocenters. The van der Waals surface area contributed by atoms with Gasteiger partial charge in [0.2, 0.25) is 0 Å². The monoisotopic (exact) mass is 666 g/mol. The molecule has 5 aromatic rings. The highest BCUT2D eigenvalue weighted by Gasteiger charge is 2.56. The average Bonchev–Trinajstić information content (AvgIpc) is 3.75. The van der Waals surface area contributed by atoms with Crippen LogP contribution in [0.2, 0.25) is 10.0 Å². The van der Waals surface area contributed by atoms with Gasteiger partial charge in [0.15, 0.2) is 17.2 Å². The molecule has 0 bridgehead atoms. The summed E-state index contributed by atoms with van der Waals surface area (Å²) in [5.74, 6) is -1.10. The number of aliphatic hydroxyl groups is 1. The first-order valence-electron chi connectivity index (χ1n) is 12.9. The maximum atomic E-state index is 13.8. The third-order valence-corrected chi connectivity index (χ3v) is 6.96. The van der Waals surface area contributed by atoms with Gasteiger partial charge in [0.1, 0.15) is 37.4 Å². The molecular formula is C30H19Cl2F3N8O3. The topological polar surface area (TPSA) is 163 Å². The summed E-state index contributed by atoms with van der Waals surface area (Å²) in [7, 11) is 0. The van der Waals surface area contributed by atoms with Crippen LogP contribution in [-0.2, 0) is 5.60 Å². The number of aromatic nitrogens is 6. The number of nitriles is 2. The molecule has 2 aromatic heterocycles. The number of ketones is 2. The van der Waals surface area contributed by atoms with Gasteiger partial charge in [-0.2, -0.15) is 33.9 Å². The van der Waals surface area contributed by atoms with E-state index in [1.165, 1.54) is 59.8 Å². The van der Waals surface area contributed by atoms with Crippen molar-refractivity contribution in [3.63, 3.8) is 0 Å². The number of rotatable bonds is 7. The molecule has 0 radical (unpaired) electrons. The fourth-order valence-electron chi connectivity index (χ4n) is 4.20. The number of carbonyl (C=O) groups is 2. The fourth-order valence-corrected chi connectivity index (χ4v) is 4.73. The molecule has 0 saturated carbocycles. The summed E-state index contributed by atoms with van der Waals surface area (Å²) in [4.78, 5) is 31.4. The molecule has 0 amide bonds. The second kappa shape index (κ2) is 13.7. The Balaban J connectivity index is 0.000000252. The van der Waals surface area contributed by atoms with E-state index in [0.717, 1.165) is 18.2 Å². The Kier molecular flexibility index (Phi) is 9.98. The van der Waals surface area contributed by atoms with Crippen molar-refractivity contribution in [2.75, 3.05) is 0 Å². The first kappa shape index (κ1) is 33.5. The van der Waals surface area contributed by atoms with Crippen molar-refractivity contribution in [1.82, 2.24) is 29.5 Å². The third-order valence-electron chi connectivity index (χ3n) is 6.52. The normalized spacial score (nSPS) is 12.2. The van der Waals surface area contributed by atoms with Crippen LogP contribution in [0.1, 0.15) is 50.8 Å². The van der Waals surface area contributed by atoms with E-state index in [0.29, 0.717) is 22.5 Å². The lowest BCUT2D eigenvalue weighted by Gasteiger charge is -2.30. The van der Waals surface area contributed by atoms with Crippen LogP contribution in [-0.4, -0.2) is 52.4 Å². The molecule has 5 rings (SSSR count). The van der Waals surface area contributed by atoms with Crippen LogP contribution in [0.3, 0.4) is 0 Å². The Bertz CT molecular complexity index is 1970. The van der Waals surface area contributed by atoms with Crippen LogP contribution in [0.4, 0.5) is 13.2 Å². The zero-order valence-electron chi connectivity index (χ0n) is 23.4. The van der Waals surface area contributed by atoms with Crippen molar-refractivity contribution in [3.8, 4) is 23.5 Å². The molecule has 0 aliphatic heterocycles. The number of hydrogen-bond acceptors (Lipinski definition) is 9. The predicted octanol–water partition coefficient (Wildman–Crippen LogP) is 5.81. The molecular weight excluding hydrogens is 648 g/mol. The van der Waals surface area contributed by atoms with E-state index < -0.39 is 29.5 Å². The zero-order chi connectivity index (χ0) is 33.6. The molecule has 232 valence electrons. The highest BCUT2D eigenvalue weighted by molar-refractivity contribution is 6.34. The highest BCUT2D eigenvalue weighted by Crippen LogP contribution is 2.44. The Morgan fingerprint density at radius 1 is 0.826 bits per heavy atom. The molecule has 0 saturated heterocycles. The summed E-state index contributed by atoms with van der Waals surface area (Å²) in [5, 5.41) is 36.4. The quantitative estimate of drug-likeness (QED) is 0.211. The van der Waals surface area contributed by atoms with Crippen molar-refractivity contribution in [1.29, 1.82) is 10.5 Å². The second-order valence-corrected chi connectivity index (χ2v) is 10.4. The fraction of sp³-hybridized carbons (Fsp3) is 0.133. The minimum atomic E-state index is -5.20. The van der Waals surface area contributed by atoms with Crippen molar-refractivity contribution in [3.05, 3.63) is 118 Å². The Morgan fingerprint density at radius 2 is 1.30 bits per heavy atom. The van der Waals surface area contributed by atoms with Gasteiger partial charge in [-0.3, -0.25) is 9.59 Å². The number of nitrogens with zero attached hydrogens (tertiary/aromatic N) is 8. The van der Waals surface area contributed by atoms with Crippen molar-refractivity contribution < 1.29 is 27.9 Å². The molecule has 0 spiro atoms. The zero-order valence-corrected chi connectivity index (χ0v) is 25.0. The second-order valence-electron chi connectivity index (χ2n) is 9.54. The van der Waals surface area contributed by atoms with E-state index in [-0.39, 0.29) is 27.0 Å². The third kappa shape index (κ3) is 7.27. The Hall–Kier alpha value is -5.41. The maximum absolute atomic E-state index is 13.8. The van der Waals surface area contributed by atoms with Gasteiger partial charge in [0.25, 0.3) is 0 Å². The van der Waals surface area contributed by atoms with Gasteiger partial charge in [-0.25, -0.2) is 19.3 Å². The number of carbonyl (C=O) groups excluding carboxylic acids is 2. The molecule has 1 unspecified atom stereocenters. The minimum Gasteiger partial charge on any atom is -0.376 e. The number of benzene rings is 3. The molecule has 1 N–H and O–H groups in total. The molecule has 3 aromatic carbocycles. The molecule has 0 fully saturated rings. The summed E-state index contributed by atoms with van der Waals surface area (Å²) < 4.78 is 44.1. The molecule has 0 aliphatic rings. The average molecular weight is 667 g/mol. The molecule has 46 heavy (non-hydrogen) atoms. The number of halogens is 5. The van der Waals surface area contributed by atoms with Gasteiger partial charge >= 0.3 is 6.18 Å². The van der Waals surface area contributed by atoms with Crippen molar-refractivity contribution >= 4 is 34.8 Å². The summed E-state index contributed by atoms with van der Waals surface area (Å²) in [5.41, 5.74) is -2.57. The van der Waals surface area contributed by atoms with Gasteiger partial charge in [0.05, 0.1) is 28.9 Å². The summed E-state index contributed by atoms with van der Waals surface area (Å²) in [6.45, 7) is 1.46. The van der Waals surface area contributed by atoms with E-state index in [2.05, 4.69) is 20.2 Å². The smallest absolute Gasteiger partial charge is 0.376 e. The van der Waals surface area contributed by atoms with E-state index in [1.54, 1.807) is 18.2 Å². The van der Waals surface area contributed by atoms with Crippen LogP contribution >= 0.6 is 23.2 Å². The van der Waals surface area contributed by atoms with Crippen LogP contribution in [0.5, 0.6) is 0 Å². The first-order valence-corrected chi connectivity index (χ1v) is 13.6. The van der Waals surface area contributed by atoms with E-state index >= 15 is 0 Å². The molecule has 2 heterocycles. The molecule has 16 heteroatoms. The van der Waals surface area contributed by atoms with Gasteiger partial charge in [0, 0.05) is 21.2 Å². The van der Waals surface area contributed by atoms with Gasteiger partial charge in [-0.1, -0.05) is 23.2 Å². The van der Waals surface area contributed by atoms with Crippen LogP contribution in [0.25, 0.3) is 11.4 Å². The van der Waals surface area contributed by atoms with Gasteiger partial charge < -0.3 is 5.11 Å². The summed E-state index contributed by atoms with van der Waals surface area (Å²) >= 11 is 11.5. The van der Waals surface area contributed by atoms with Crippen LogP contribution < -0.4 is 0 Å². The SMILES string of the molecule is CC(=O)c1ccc(-n2cncn2)c(C#N)c1.N#Cc1cc(C(=O)CC(O)(c2cc(Cl)cc(Cl)c2)C(F)(F)F)ccc1-n1cncn1. The molecule has 0 aliphatic carbocycles. The van der Waals surface area contributed by atoms with Gasteiger partial charge in [-0.15, -0.1) is 0 Å². The maximum Gasteiger partial charge on any atom is 0.421 e. The Morgan fingerprint density at radius 3 is 1.72 bits per heavy atom. The van der Waals surface area contributed by atoms with E-state index in [1.807, 2.05) is 12.1 Å². The lowest BCUT2D eigenvalue weighted by atomic mass is 9.86. The van der Waals surface area contributed by atoms with Crippen LogP contribution in [0.15, 0.2) is 79.9 Å². The standard InChI is InChI=1S/C19H11Cl2F3N4O2.C11H8N4O/c20-14-4-13(5-15(21)6-14)18(30,19(22,23)24)7-17(29)11-1-2-16(12(3-11)8-25)28-10-26-9-27-28;1-8(16)9-2-3-11(10(4-9)5-12)15-7-13-6-14-15/h1-6,9-10,30H,7H2;2-4,6-7H,1H3. The van der Waals surface area contributed by atoms with E-state index in [9.17, 15) is 33.1 Å². The number of Topliss-reactive ketones (excluding diaryl/α,β-unsaturated/α-hetero) is 2. The summed E-state index contributed by atoms with van der Waals surface area (Å²) in [6.07, 6.45) is -1.08. The molecule has 11 nitrogen and oxygen atoms in total. The summed E-state index contributed by atoms with van der Waals surface area (Å²) in [6, 6.07) is 15.5. The number of hydrogen-bond donors (Lipinski definition) is 1. The number of alkyl halides is 3. The first-order chi connectivity index (χ1) is 21.8. The largest absolute Gasteiger partial charge is 0.421 e. The Labute approximate surface area is 268 Å². The van der Waals surface area contributed by atoms with Crippen LogP contribution in [0, 0.1) is 22.7 Å². The lowest BCUT2D eigenvalue weighted by Crippen LogP contribution is -2.44. The lowest BCUT2D eigenvalue weighted by molar-refractivity contribution is -0.264. The predicted molar refractivity (Wildman–Crippen MR) is 158 cm³/mol.